The number of nitrogens with one attached hydrogen (secondary N) is 1. The first-order valence-corrected chi connectivity index (χ1v) is 7.71. The second-order valence-electron chi connectivity index (χ2n) is 6.89. The molecule has 0 saturated carbocycles. The van der Waals surface area contributed by atoms with Gasteiger partial charge in [0.25, 0.3) is 0 Å². The molecule has 6 heteroatoms. The van der Waals surface area contributed by atoms with Crippen LogP contribution in [0.3, 0.4) is 0 Å². The summed E-state index contributed by atoms with van der Waals surface area (Å²) in [6, 6.07) is 6.66. The van der Waals surface area contributed by atoms with Gasteiger partial charge in [0.1, 0.15) is 11.6 Å². The number of anilines is 1. The molecule has 126 valence electrons. The van der Waals surface area contributed by atoms with Crippen LogP contribution in [0.15, 0.2) is 24.3 Å². The summed E-state index contributed by atoms with van der Waals surface area (Å²) in [7, 11) is 0. The van der Waals surface area contributed by atoms with Gasteiger partial charge < -0.3 is 15.2 Å². The molecule has 23 heavy (non-hydrogen) atoms. The Morgan fingerprint density at radius 3 is 2.43 bits per heavy atom. The Bertz CT molecular complexity index is 577. The molecule has 2 amide bonds. The van der Waals surface area contributed by atoms with E-state index in [0.29, 0.717) is 5.69 Å². The topological polar surface area (TPSA) is 78.9 Å². The fourth-order valence-corrected chi connectivity index (χ4v) is 2.45. The molecule has 2 N–H and O–H groups in total. The first kappa shape index (κ1) is 17.3. The largest absolute Gasteiger partial charge is 0.444 e. The van der Waals surface area contributed by atoms with E-state index in [1.807, 2.05) is 19.1 Å². The number of aliphatic hydroxyl groups excluding tert-OH is 1. The molecule has 0 radical (unpaired) electrons. The second-order valence-corrected chi connectivity index (χ2v) is 6.89. The van der Waals surface area contributed by atoms with Crippen molar-refractivity contribution in [3.05, 3.63) is 29.8 Å². The highest BCUT2D eigenvalue weighted by Gasteiger charge is 2.40. The lowest BCUT2D eigenvalue weighted by molar-refractivity contribution is -0.120. The number of amides is 2. The van der Waals surface area contributed by atoms with Crippen LogP contribution in [0.1, 0.15) is 32.8 Å². The summed E-state index contributed by atoms with van der Waals surface area (Å²) in [5.41, 5.74) is 1.10. The van der Waals surface area contributed by atoms with Crippen LogP contribution < -0.4 is 5.32 Å². The van der Waals surface area contributed by atoms with Crippen LogP contribution >= 0.6 is 0 Å². The number of likely N-dealkylation sites (tertiary alicyclic amines) is 1. The standard InChI is InChI=1S/C17H24N2O4/c1-11-5-7-12(8-6-11)18-15(21)14-9-13(20)10-19(14)16(22)23-17(2,3)4/h5-8,13-14,20H,9-10H2,1-4H3,(H,18,21)/t13-,14+/m0/s1. The Labute approximate surface area is 136 Å². The number of ether oxygens (including phenoxy) is 1. The van der Waals surface area contributed by atoms with E-state index in [1.54, 1.807) is 32.9 Å². The minimum absolute atomic E-state index is 0.0981. The fourth-order valence-electron chi connectivity index (χ4n) is 2.45. The average Bonchev–Trinajstić information content (AvgIpc) is 2.82. The first-order valence-electron chi connectivity index (χ1n) is 7.71. The number of benzene rings is 1. The molecular weight excluding hydrogens is 296 g/mol. The van der Waals surface area contributed by atoms with E-state index < -0.39 is 23.8 Å². The molecule has 6 nitrogen and oxygen atoms in total. The molecule has 1 heterocycles. The lowest BCUT2D eigenvalue weighted by atomic mass is 10.1. The van der Waals surface area contributed by atoms with Crippen LogP contribution in [0.2, 0.25) is 0 Å². The molecular formula is C17H24N2O4. The first-order chi connectivity index (χ1) is 10.7. The van der Waals surface area contributed by atoms with Crippen molar-refractivity contribution in [2.45, 2.75) is 51.9 Å². The van der Waals surface area contributed by atoms with E-state index in [-0.39, 0.29) is 18.9 Å². The normalized spacial score (nSPS) is 21.2. The number of hydrogen-bond donors (Lipinski definition) is 2. The number of β-amino-alcohol motifs (C(OH)–C–C–N with tert-alkyl or cyclic N) is 1. The minimum Gasteiger partial charge on any atom is -0.444 e. The van der Waals surface area contributed by atoms with Crippen LogP contribution in [0.25, 0.3) is 0 Å². The van der Waals surface area contributed by atoms with Crippen molar-refractivity contribution in [1.82, 2.24) is 4.90 Å². The molecule has 2 rings (SSSR count). The lowest BCUT2D eigenvalue weighted by Crippen LogP contribution is -2.45. The van der Waals surface area contributed by atoms with Gasteiger partial charge in [-0.2, -0.15) is 0 Å². The zero-order valence-electron chi connectivity index (χ0n) is 14.0. The van der Waals surface area contributed by atoms with Crippen molar-refractivity contribution in [3.8, 4) is 0 Å². The van der Waals surface area contributed by atoms with E-state index in [1.165, 1.54) is 4.90 Å². The maximum Gasteiger partial charge on any atom is 0.411 e. The molecule has 0 aromatic heterocycles. The van der Waals surface area contributed by atoms with Crippen molar-refractivity contribution in [3.63, 3.8) is 0 Å². The molecule has 1 aromatic carbocycles. The number of aliphatic hydroxyl groups is 1. The summed E-state index contributed by atoms with van der Waals surface area (Å²) in [6.07, 6.45) is -1.11. The summed E-state index contributed by atoms with van der Waals surface area (Å²) in [4.78, 5) is 26.0. The zero-order valence-corrected chi connectivity index (χ0v) is 14.0. The molecule has 1 saturated heterocycles. The number of rotatable bonds is 2. The van der Waals surface area contributed by atoms with Crippen LogP contribution in [0, 0.1) is 6.92 Å². The number of nitrogens with zero attached hydrogens (tertiary/aromatic N) is 1. The highest BCUT2D eigenvalue weighted by Crippen LogP contribution is 2.23. The highest BCUT2D eigenvalue weighted by molar-refractivity contribution is 5.97. The quantitative estimate of drug-likeness (QED) is 0.876. The Morgan fingerprint density at radius 1 is 1.26 bits per heavy atom. The molecule has 1 fully saturated rings. The Kier molecular flexibility index (Phi) is 4.94. The third kappa shape index (κ3) is 4.69. The smallest absolute Gasteiger partial charge is 0.411 e. The minimum atomic E-state index is -0.735. The molecule has 0 bridgehead atoms. The number of hydrogen-bond acceptors (Lipinski definition) is 4. The summed E-state index contributed by atoms with van der Waals surface area (Å²) < 4.78 is 5.31. The van der Waals surface area contributed by atoms with Gasteiger partial charge in [0.05, 0.1) is 12.6 Å². The van der Waals surface area contributed by atoms with E-state index in [0.717, 1.165) is 5.56 Å². The van der Waals surface area contributed by atoms with Gasteiger partial charge in [-0.25, -0.2) is 4.79 Å². The predicted molar refractivity (Wildman–Crippen MR) is 87.2 cm³/mol. The van der Waals surface area contributed by atoms with Crippen LogP contribution in [-0.2, 0) is 9.53 Å². The van der Waals surface area contributed by atoms with Crippen molar-refractivity contribution in [1.29, 1.82) is 0 Å². The number of carbonyl (C=O) groups excluding carboxylic acids is 2. The van der Waals surface area contributed by atoms with Crippen LogP contribution in [-0.4, -0.2) is 46.3 Å². The maximum absolute atomic E-state index is 12.5. The van der Waals surface area contributed by atoms with Crippen molar-refractivity contribution >= 4 is 17.7 Å². The van der Waals surface area contributed by atoms with Crippen molar-refractivity contribution < 1.29 is 19.4 Å². The lowest BCUT2D eigenvalue weighted by Gasteiger charge is -2.27. The molecule has 1 aromatic rings. The molecule has 1 aliphatic rings. The van der Waals surface area contributed by atoms with Crippen LogP contribution in [0.5, 0.6) is 0 Å². The summed E-state index contributed by atoms with van der Waals surface area (Å²) in [6.45, 7) is 7.35. The average molecular weight is 320 g/mol. The van der Waals surface area contributed by atoms with E-state index >= 15 is 0 Å². The SMILES string of the molecule is Cc1ccc(NC(=O)[C@H]2C[C@H](O)CN2C(=O)OC(C)(C)C)cc1. The van der Waals surface area contributed by atoms with E-state index in [2.05, 4.69) is 5.32 Å². The van der Waals surface area contributed by atoms with Gasteiger partial charge in [-0.1, -0.05) is 17.7 Å². The number of carbonyl (C=O) groups is 2. The van der Waals surface area contributed by atoms with Crippen molar-refractivity contribution in [2.24, 2.45) is 0 Å². The predicted octanol–water partition coefficient (Wildman–Crippen LogP) is 2.30. The van der Waals surface area contributed by atoms with Gasteiger partial charge in [0, 0.05) is 12.1 Å². The van der Waals surface area contributed by atoms with Gasteiger partial charge in [0.2, 0.25) is 5.91 Å². The molecule has 0 aliphatic carbocycles. The van der Waals surface area contributed by atoms with Gasteiger partial charge >= 0.3 is 6.09 Å². The van der Waals surface area contributed by atoms with Gasteiger partial charge in [0.15, 0.2) is 0 Å². The molecule has 0 unspecified atom stereocenters. The summed E-state index contributed by atoms with van der Waals surface area (Å²) in [5.74, 6) is -0.323. The summed E-state index contributed by atoms with van der Waals surface area (Å²) >= 11 is 0. The third-order valence-electron chi connectivity index (χ3n) is 3.53. The third-order valence-corrected chi connectivity index (χ3v) is 3.53. The van der Waals surface area contributed by atoms with Gasteiger partial charge in [-0.3, -0.25) is 9.69 Å². The Balaban J connectivity index is 2.07. The monoisotopic (exact) mass is 320 g/mol. The fraction of sp³-hybridized carbons (Fsp3) is 0.529. The van der Waals surface area contributed by atoms with Gasteiger partial charge in [-0.15, -0.1) is 0 Å². The maximum atomic E-state index is 12.5. The second kappa shape index (κ2) is 6.58. The highest BCUT2D eigenvalue weighted by atomic mass is 16.6. The Hall–Kier alpha value is -2.08. The Morgan fingerprint density at radius 2 is 1.87 bits per heavy atom. The van der Waals surface area contributed by atoms with Crippen LogP contribution in [0.4, 0.5) is 10.5 Å². The number of aryl methyl sites for hydroxylation is 1. The van der Waals surface area contributed by atoms with E-state index in [4.69, 9.17) is 4.74 Å². The van der Waals surface area contributed by atoms with Crippen molar-refractivity contribution in [2.75, 3.05) is 11.9 Å². The van der Waals surface area contributed by atoms with Gasteiger partial charge in [-0.05, 0) is 39.8 Å². The molecule has 2 atom stereocenters. The zero-order chi connectivity index (χ0) is 17.2. The summed E-state index contributed by atoms with van der Waals surface area (Å²) in [5, 5.41) is 12.6. The van der Waals surface area contributed by atoms with E-state index in [9.17, 15) is 14.7 Å². The molecule has 1 aliphatic heterocycles. The molecule has 0 spiro atoms.